The van der Waals surface area contributed by atoms with Crippen molar-refractivity contribution in [3.05, 3.63) is 17.5 Å². The first-order chi connectivity index (χ1) is 12.2. The number of nitrogens with zero attached hydrogens (tertiary/aromatic N) is 4. The molecule has 2 saturated heterocycles. The number of H-pyrrole nitrogens is 1. The highest BCUT2D eigenvalue weighted by atomic mass is 19.4. The number of hydrogen-bond acceptors (Lipinski definition) is 4. The van der Waals surface area contributed by atoms with E-state index in [9.17, 15) is 22.8 Å². The maximum Gasteiger partial charge on any atom is 0.406 e. The van der Waals surface area contributed by atoms with Crippen molar-refractivity contribution in [2.24, 2.45) is 0 Å². The molecule has 10 heteroatoms. The topological polar surface area (TPSA) is 72.5 Å². The minimum absolute atomic E-state index is 0.145. The van der Waals surface area contributed by atoms with Crippen molar-refractivity contribution in [2.75, 3.05) is 39.3 Å². The second-order valence-electron chi connectivity index (χ2n) is 6.80. The molecule has 1 aromatic heterocycles. The van der Waals surface area contributed by atoms with E-state index in [1.165, 1.54) is 0 Å². The summed E-state index contributed by atoms with van der Waals surface area (Å²) in [6.45, 7) is 2.53. The quantitative estimate of drug-likeness (QED) is 0.859. The molecule has 0 unspecified atom stereocenters. The van der Waals surface area contributed by atoms with Crippen LogP contribution >= 0.6 is 0 Å². The summed E-state index contributed by atoms with van der Waals surface area (Å²) in [6, 6.07) is 1.14. The normalized spacial score (nSPS) is 22.8. The van der Waals surface area contributed by atoms with Gasteiger partial charge in [-0.15, -0.1) is 0 Å². The molecule has 0 bridgehead atoms. The number of rotatable bonds is 3. The van der Waals surface area contributed by atoms with Gasteiger partial charge < -0.3 is 9.80 Å². The van der Waals surface area contributed by atoms with E-state index < -0.39 is 24.7 Å². The van der Waals surface area contributed by atoms with Crippen LogP contribution in [0.4, 0.5) is 13.2 Å². The fourth-order valence-corrected chi connectivity index (χ4v) is 3.56. The Bertz CT molecular complexity index is 667. The van der Waals surface area contributed by atoms with E-state index in [0.717, 1.165) is 10.6 Å². The van der Waals surface area contributed by atoms with Crippen molar-refractivity contribution < 1.29 is 22.8 Å². The molecule has 1 aromatic rings. The van der Waals surface area contributed by atoms with Crippen molar-refractivity contribution >= 4 is 11.8 Å². The smallest absolute Gasteiger partial charge is 0.335 e. The zero-order valence-electron chi connectivity index (χ0n) is 14.6. The summed E-state index contributed by atoms with van der Waals surface area (Å²) in [5.41, 5.74) is 1.14. The number of amides is 2. The van der Waals surface area contributed by atoms with Gasteiger partial charge in [-0.25, -0.2) is 0 Å². The van der Waals surface area contributed by atoms with Gasteiger partial charge >= 0.3 is 6.18 Å². The number of aromatic nitrogens is 2. The molecular weight excluding hydrogens is 351 g/mol. The Hall–Kier alpha value is -2.10. The molecule has 0 aromatic carbocycles. The Morgan fingerprint density at radius 3 is 2.54 bits per heavy atom. The largest absolute Gasteiger partial charge is 0.406 e. The maximum absolute atomic E-state index is 12.6. The van der Waals surface area contributed by atoms with Crippen LogP contribution in [0.25, 0.3) is 0 Å². The Kier molecular flexibility index (Phi) is 5.22. The predicted molar refractivity (Wildman–Crippen MR) is 86.5 cm³/mol. The van der Waals surface area contributed by atoms with Crippen LogP contribution in [0.2, 0.25) is 0 Å². The summed E-state index contributed by atoms with van der Waals surface area (Å²) in [5.74, 6) is -0.640. The second-order valence-corrected chi connectivity index (χ2v) is 6.80. The van der Waals surface area contributed by atoms with Crippen LogP contribution in [-0.4, -0.2) is 88.2 Å². The first-order valence-corrected chi connectivity index (χ1v) is 8.65. The predicted octanol–water partition coefficient (Wildman–Crippen LogP) is 1.03. The fourth-order valence-electron chi connectivity index (χ4n) is 3.56. The van der Waals surface area contributed by atoms with Gasteiger partial charge in [0.15, 0.2) is 0 Å². The number of aryl methyl sites for hydroxylation is 1. The van der Waals surface area contributed by atoms with Crippen LogP contribution in [0.3, 0.4) is 0 Å². The molecule has 144 valence electrons. The molecule has 0 saturated carbocycles. The number of halogens is 3. The number of carbonyl (C=O) groups is 2. The van der Waals surface area contributed by atoms with Crippen LogP contribution in [0.5, 0.6) is 0 Å². The van der Waals surface area contributed by atoms with Gasteiger partial charge in [0.2, 0.25) is 5.91 Å². The SMILES string of the molecule is Cc1cc(C(=O)N2CCN([C@H]3CCCN(CC(F)(F)F)C3=O)CC2)n[nH]1. The molecule has 1 N–H and O–H groups in total. The first kappa shape index (κ1) is 18.7. The van der Waals surface area contributed by atoms with E-state index in [4.69, 9.17) is 0 Å². The van der Waals surface area contributed by atoms with Gasteiger partial charge in [0.05, 0.1) is 6.04 Å². The van der Waals surface area contributed by atoms with Crippen molar-refractivity contribution in [1.29, 1.82) is 0 Å². The van der Waals surface area contributed by atoms with E-state index in [0.29, 0.717) is 44.7 Å². The molecule has 26 heavy (non-hydrogen) atoms. The van der Waals surface area contributed by atoms with Gasteiger partial charge in [0, 0.05) is 38.4 Å². The van der Waals surface area contributed by atoms with Crippen molar-refractivity contribution in [2.45, 2.75) is 32.0 Å². The Labute approximate surface area is 149 Å². The molecule has 7 nitrogen and oxygen atoms in total. The molecule has 0 spiro atoms. The summed E-state index contributed by atoms with van der Waals surface area (Å²) in [5, 5.41) is 6.69. The Morgan fingerprint density at radius 1 is 1.27 bits per heavy atom. The van der Waals surface area contributed by atoms with Crippen molar-refractivity contribution in [3.63, 3.8) is 0 Å². The van der Waals surface area contributed by atoms with Gasteiger partial charge in [-0.1, -0.05) is 0 Å². The van der Waals surface area contributed by atoms with Gasteiger partial charge in [-0.05, 0) is 25.8 Å². The van der Waals surface area contributed by atoms with Gasteiger partial charge in [-0.2, -0.15) is 18.3 Å². The average Bonchev–Trinajstić information content (AvgIpc) is 3.02. The van der Waals surface area contributed by atoms with E-state index in [1.807, 2.05) is 11.8 Å². The van der Waals surface area contributed by atoms with Crippen LogP contribution < -0.4 is 0 Å². The number of carbonyl (C=O) groups excluding carboxylic acids is 2. The van der Waals surface area contributed by atoms with E-state index in [1.54, 1.807) is 11.0 Å². The molecule has 2 amide bonds. The Morgan fingerprint density at radius 2 is 1.96 bits per heavy atom. The first-order valence-electron chi connectivity index (χ1n) is 8.65. The third-order valence-corrected chi connectivity index (χ3v) is 4.84. The standard InChI is InChI=1S/C16H22F3N5O2/c1-11-9-12(21-20-11)14(25)23-7-5-22(6-8-23)13-3-2-4-24(15(13)26)10-16(17,18)19/h9,13H,2-8,10H2,1H3,(H,20,21)/t13-/m0/s1. The van der Waals surface area contributed by atoms with Crippen LogP contribution in [0.15, 0.2) is 6.07 Å². The highest BCUT2D eigenvalue weighted by molar-refractivity contribution is 5.92. The molecule has 0 radical (unpaired) electrons. The van der Waals surface area contributed by atoms with Gasteiger partial charge in [-0.3, -0.25) is 19.6 Å². The molecule has 0 aliphatic carbocycles. The zero-order valence-corrected chi connectivity index (χ0v) is 14.6. The summed E-state index contributed by atoms with van der Waals surface area (Å²) >= 11 is 0. The summed E-state index contributed by atoms with van der Waals surface area (Å²) < 4.78 is 37.9. The third-order valence-electron chi connectivity index (χ3n) is 4.84. The number of piperidine rings is 1. The molecular formula is C16H22F3N5O2. The summed E-state index contributed by atoms with van der Waals surface area (Å²) in [7, 11) is 0. The van der Waals surface area contributed by atoms with Crippen molar-refractivity contribution in [3.8, 4) is 0 Å². The Balaban J connectivity index is 1.57. The lowest BCUT2D eigenvalue weighted by molar-refractivity contribution is -0.168. The van der Waals surface area contributed by atoms with Gasteiger partial charge in [0.25, 0.3) is 5.91 Å². The molecule has 2 aliphatic rings. The van der Waals surface area contributed by atoms with E-state index in [2.05, 4.69) is 10.2 Å². The van der Waals surface area contributed by atoms with Gasteiger partial charge in [0.1, 0.15) is 12.2 Å². The van der Waals surface area contributed by atoms with Crippen LogP contribution in [-0.2, 0) is 4.79 Å². The van der Waals surface area contributed by atoms with E-state index >= 15 is 0 Å². The molecule has 3 rings (SSSR count). The lowest BCUT2D eigenvalue weighted by atomic mass is 10.0. The van der Waals surface area contributed by atoms with Crippen molar-refractivity contribution in [1.82, 2.24) is 24.9 Å². The second kappa shape index (κ2) is 7.26. The highest BCUT2D eigenvalue weighted by Crippen LogP contribution is 2.24. The summed E-state index contributed by atoms with van der Waals surface area (Å²) in [6.07, 6.45) is -3.28. The molecule has 2 fully saturated rings. The highest BCUT2D eigenvalue weighted by Gasteiger charge is 2.40. The number of likely N-dealkylation sites (tertiary alicyclic amines) is 1. The van der Waals surface area contributed by atoms with Crippen LogP contribution in [0.1, 0.15) is 29.0 Å². The lowest BCUT2D eigenvalue weighted by Gasteiger charge is -2.42. The monoisotopic (exact) mass is 373 g/mol. The van der Waals surface area contributed by atoms with E-state index in [-0.39, 0.29) is 12.5 Å². The van der Waals surface area contributed by atoms with Crippen LogP contribution in [0, 0.1) is 6.92 Å². The minimum Gasteiger partial charge on any atom is -0.335 e. The fraction of sp³-hybridized carbons (Fsp3) is 0.688. The molecule has 3 heterocycles. The molecule has 2 aliphatic heterocycles. The number of hydrogen-bond donors (Lipinski definition) is 1. The maximum atomic E-state index is 12.6. The average molecular weight is 373 g/mol. The molecule has 1 atom stereocenters. The zero-order chi connectivity index (χ0) is 18.9. The lowest BCUT2D eigenvalue weighted by Crippen LogP contribution is -2.59. The minimum atomic E-state index is -4.38. The number of piperazine rings is 1. The summed E-state index contributed by atoms with van der Waals surface area (Å²) in [4.78, 5) is 29.3. The number of alkyl halides is 3. The number of aromatic amines is 1. The number of nitrogens with one attached hydrogen (secondary N) is 1. The third kappa shape index (κ3) is 4.17.